The molecule has 5 nitrogen and oxygen atoms in total. The Bertz CT molecular complexity index is 1060. The molecule has 0 spiro atoms. The fraction of sp³-hybridized carbons (Fsp3) is 0.269. The van der Waals surface area contributed by atoms with Crippen LogP contribution < -0.4 is 4.74 Å². The Kier molecular flexibility index (Phi) is 7.65. The van der Waals surface area contributed by atoms with Crippen LogP contribution in [-0.4, -0.2) is 47.6 Å². The van der Waals surface area contributed by atoms with E-state index in [2.05, 4.69) is 5.16 Å². The van der Waals surface area contributed by atoms with Crippen LogP contribution in [0.1, 0.15) is 17.5 Å². The summed E-state index contributed by atoms with van der Waals surface area (Å²) in [6.07, 6.45) is -0.430. The van der Waals surface area contributed by atoms with Crippen LogP contribution >= 0.6 is 0 Å². The van der Waals surface area contributed by atoms with Gasteiger partial charge in [0.1, 0.15) is 36.2 Å². The van der Waals surface area contributed by atoms with Crippen LogP contribution in [0.2, 0.25) is 0 Å². The second kappa shape index (κ2) is 11.0. The number of ether oxygens (including phenoxy) is 1. The van der Waals surface area contributed by atoms with Gasteiger partial charge in [-0.15, -0.1) is 0 Å². The molecule has 1 N–H and O–H groups in total. The first-order valence-electron chi connectivity index (χ1n) is 10.9. The molecule has 0 amide bonds. The predicted molar refractivity (Wildman–Crippen MR) is 122 cm³/mol. The Balaban J connectivity index is 1.37. The predicted octanol–water partition coefficient (Wildman–Crippen LogP) is 4.40. The summed E-state index contributed by atoms with van der Waals surface area (Å²) in [6, 6.07) is 21.8. The highest BCUT2D eigenvalue weighted by Gasteiger charge is 2.26. The number of nitrogens with zero attached hydrogens (tertiary/aromatic N) is 2. The molecule has 0 bridgehead atoms. The van der Waals surface area contributed by atoms with Crippen molar-refractivity contribution >= 4 is 5.71 Å². The summed E-state index contributed by atoms with van der Waals surface area (Å²) >= 11 is 0. The normalized spacial score (nSPS) is 16.4. The van der Waals surface area contributed by atoms with E-state index >= 15 is 0 Å². The molecule has 3 aromatic rings. The van der Waals surface area contributed by atoms with Crippen LogP contribution in [0.3, 0.4) is 0 Å². The van der Waals surface area contributed by atoms with E-state index in [1.165, 1.54) is 24.3 Å². The summed E-state index contributed by atoms with van der Waals surface area (Å²) in [5, 5.41) is 14.8. The van der Waals surface area contributed by atoms with Crippen molar-refractivity contribution in [3.8, 4) is 5.75 Å². The third kappa shape index (κ3) is 6.84. The molecule has 0 fully saturated rings. The molecule has 1 aliphatic rings. The third-order valence-corrected chi connectivity index (χ3v) is 5.32. The number of oxime groups is 1. The van der Waals surface area contributed by atoms with Crippen LogP contribution in [-0.2, 0) is 11.4 Å². The highest BCUT2D eigenvalue weighted by Crippen LogP contribution is 2.19. The number of hydrogen-bond acceptors (Lipinski definition) is 5. The second-order valence-electron chi connectivity index (χ2n) is 8.08. The van der Waals surface area contributed by atoms with Gasteiger partial charge >= 0.3 is 0 Å². The standard InChI is InChI=1S/C26H26F2N2O3/c27-21-11-9-20(10-12-21)26-14-25(33-29-26)17-30(15-19-5-4-6-22(28)13-19)16-23(31)18-32-24-7-2-1-3-8-24/h1-13,23,25,31H,14-18H2/t23-,25-/m0/s1. The number of aliphatic hydroxyl groups is 1. The molecule has 33 heavy (non-hydrogen) atoms. The van der Waals surface area contributed by atoms with Gasteiger partial charge in [0.05, 0.1) is 5.71 Å². The van der Waals surface area contributed by atoms with Crippen LogP contribution in [0, 0.1) is 11.6 Å². The summed E-state index contributed by atoms with van der Waals surface area (Å²) in [5.41, 5.74) is 2.36. The van der Waals surface area contributed by atoms with Gasteiger partial charge in [-0.25, -0.2) is 8.78 Å². The minimum absolute atomic E-state index is 0.131. The molecule has 4 rings (SSSR count). The van der Waals surface area contributed by atoms with Crippen molar-refractivity contribution in [2.24, 2.45) is 5.16 Å². The largest absolute Gasteiger partial charge is 0.491 e. The molecule has 0 unspecified atom stereocenters. The quantitative estimate of drug-likeness (QED) is 0.496. The number of rotatable bonds is 10. The van der Waals surface area contributed by atoms with Crippen molar-refractivity contribution in [3.63, 3.8) is 0 Å². The first kappa shape index (κ1) is 22.9. The van der Waals surface area contributed by atoms with Crippen LogP contribution in [0.25, 0.3) is 0 Å². The molecular formula is C26H26F2N2O3. The van der Waals surface area contributed by atoms with Crippen molar-refractivity contribution < 1.29 is 23.5 Å². The third-order valence-electron chi connectivity index (χ3n) is 5.32. The molecule has 0 saturated carbocycles. The van der Waals surface area contributed by atoms with E-state index in [1.54, 1.807) is 18.2 Å². The van der Waals surface area contributed by atoms with E-state index < -0.39 is 6.10 Å². The molecule has 0 radical (unpaired) electrons. The van der Waals surface area contributed by atoms with Crippen molar-refractivity contribution in [2.75, 3.05) is 19.7 Å². The highest BCUT2D eigenvalue weighted by atomic mass is 19.1. The van der Waals surface area contributed by atoms with Crippen molar-refractivity contribution in [3.05, 3.63) is 102 Å². The van der Waals surface area contributed by atoms with Gasteiger partial charge in [-0.2, -0.15) is 0 Å². The summed E-state index contributed by atoms with van der Waals surface area (Å²) < 4.78 is 32.6. The monoisotopic (exact) mass is 452 g/mol. The molecule has 1 aliphatic heterocycles. The van der Waals surface area contributed by atoms with Crippen LogP contribution in [0.4, 0.5) is 8.78 Å². The average Bonchev–Trinajstić information content (AvgIpc) is 3.27. The van der Waals surface area contributed by atoms with E-state index in [-0.39, 0.29) is 24.3 Å². The molecule has 0 saturated heterocycles. The minimum atomic E-state index is -0.752. The fourth-order valence-corrected chi connectivity index (χ4v) is 3.78. The Labute approximate surface area is 191 Å². The zero-order valence-corrected chi connectivity index (χ0v) is 18.1. The first-order valence-corrected chi connectivity index (χ1v) is 10.9. The van der Waals surface area contributed by atoms with Gasteiger partial charge in [-0.3, -0.25) is 4.90 Å². The lowest BCUT2D eigenvalue weighted by Crippen LogP contribution is -2.39. The number of benzene rings is 3. The molecule has 0 aromatic heterocycles. The molecule has 1 heterocycles. The van der Waals surface area contributed by atoms with Crippen LogP contribution in [0.15, 0.2) is 84.0 Å². The maximum absolute atomic E-state index is 13.7. The fourth-order valence-electron chi connectivity index (χ4n) is 3.78. The van der Waals surface area contributed by atoms with Gasteiger partial charge in [0.2, 0.25) is 0 Å². The van der Waals surface area contributed by atoms with Gasteiger partial charge in [0, 0.05) is 26.1 Å². The maximum atomic E-state index is 13.7. The lowest BCUT2D eigenvalue weighted by atomic mass is 10.0. The maximum Gasteiger partial charge on any atom is 0.145 e. The van der Waals surface area contributed by atoms with Crippen molar-refractivity contribution in [1.82, 2.24) is 4.90 Å². The lowest BCUT2D eigenvalue weighted by molar-refractivity contribution is 0.0213. The first-order chi connectivity index (χ1) is 16.0. The van der Waals surface area contributed by atoms with Gasteiger partial charge in [-0.05, 0) is 47.5 Å². The van der Waals surface area contributed by atoms with Gasteiger partial charge in [-0.1, -0.05) is 47.6 Å². The number of hydrogen-bond donors (Lipinski definition) is 1. The van der Waals surface area contributed by atoms with Gasteiger partial charge < -0.3 is 14.7 Å². The molecule has 0 aliphatic carbocycles. The molecular weight excluding hydrogens is 426 g/mol. The van der Waals surface area contributed by atoms with Crippen LogP contribution in [0.5, 0.6) is 5.75 Å². The zero-order chi connectivity index (χ0) is 23.0. The van der Waals surface area contributed by atoms with Gasteiger partial charge in [0.15, 0.2) is 0 Å². The minimum Gasteiger partial charge on any atom is -0.491 e. The second-order valence-corrected chi connectivity index (χ2v) is 8.08. The van der Waals surface area contributed by atoms with Crippen molar-refractivity contribution in [2.45, 2.75) is 25.2 Å². The number of halogens is 2. The van der Waals surface area contributed by atoms with E-state index in [1.807, 2.05) is 41.3 Å². The molecule has 7 heteroatoms. The molecule has 172 valence electrons. The lowest BCUT2D eigenvalue weighted by Gasteiger charge is -2.27. The van der Waals surface area contributed by atoms with E-state index in [4.69, 9.17) is 9.57 Å². The summed E-state index contributed by atoms with van der Waals surface area (Å²) in [7, 11) is 0. The van der Waals surface area contributed by atoms with Gasteiger partial charge in [0.25, 0.3) is 0 Å². The smallest absolute Gasteiger partial charge is 0.145 e. The van der Waals surface area contributed by atoms with E-state index in [0.29, 0.717) is 31.8 Å². The number of para-hydroxylation sites is 1. The summed E-state index contributed by atoms with van der Waals surface area (Å²) in [4.78, 5) is 7.62. The molecule has 3 aromatic carbocycles. The highest BCUT2D eigenvalue weighted by molar-refractivity contribution is 6.01. The average molecular weight is 453 g/mol. The Morgan fingerprint density at radius 1 is 1.00 bits per heavy atom. The Morgan fingerprint density at radius 3 is 2.55 bits per heavy atom. The Morgan fingerprint density at radius 2 is 1.79 bits per heavy atom. The van der Waals surface area contributed by atoms with E-state index in [0.717, 1.165) is 16.8 Å². The zero-order valence-electron chi connectivity index (χ0n) is 18.1. The topological polar surface area (TPSA) is 54.3 Å². The SMILES string of the molecule is O[C@H](COc1ccccc1)CN(Cc1cccc(F)c1)C[C@@H]1CC(c2ccc(F)cc2)=NO1. The summed E-state index contributed by atoms with van der Waals surface area (Å²) in [6.45, 7) is 1.36. The van der Waals surface area contributed by atoms with Crippen molar-refractivity contribution in [1.29, 1.82) is 0 Å². The number of aliphatic hydroxyl groups excluding tert-OH is 1. The molecule has 2 atom stereocenters. The summed E-state index contributed by atoms with van der Waals surface area (Å²) in [5.74, 6) is 0.0759. The Hall–Kier alpha value is -3.29. The van der Waals surface area contributed by atoms with E-state index in [9.17, 15) is 13.9 Å².